The lowest BCUT2D eigenvalue weighted by Crippen LogP contribution is -2.38. The van der Waals surface area contributed by atoms with Gasteiger partial charge >= 0.3 is 5.97 Å². The van der Waals surface area contributed by atoms with Crippen molar-refractivity contribution in [2.75, 3.05) is 25.0 Å². The maximum Gasteiger partial charge on any atom is 0.341 e. The summed E-state index contributed by atoms with van der Waals surface area (Å²) in [6.07, 6.45) is 6.10. The first kappa shape index (κ1) is 21.5. The molecule has 2 aromatic heterocycles. The van der Waals surface area contributed by atoms with Crippen LogP contribution < -0.4 is 5.32 Å². The fourth-order valence-corrected chi connectivity index (χ4v) is 4.96. The number of aromatic nitrogens is 2. The Morgan fingerprint density at radius 2 is 2.03 bits per heavy atom. The number of hydrogen-bond donors (Lipinski definition) is 1. The van der Waals surface area contributed by atoms with E-state index in [2.05, 4.69) is 15.2 Å². The van der Waals surface area contributed by atoms with Crippen molar-refractivity contribution in [3.8, 4) is 0 Å². The number of anilines is 1. The summed E-state index contributed by atoms with van der Waals surface area (Å²) in [7, 11) is 2.00. The Kier molecular flexibility index (Phi) is 7.08. The molecule has 3 rings (SSSR count). The van der Waals surface area contributed by atoms with E-state index in [1.807, 2.05) is 37.9 Å². The molecule has 1 saturated heterocycles. The second kappa shape index (κ2) is 9.54. The largest absolute Gasteiger partial charge is 0.462 e. The van der Waals surface area contributed by atoms with E-state index in [1.54, 1.807) is 6.92 Å². The lowest BCUT2D eigenvalue weighted by molar-refractivity contribution is -0.121. The van der Waals surface area contributed by atoms with Crippen molar-refractivity contribution in [2.24, 2.45) is 13.0 Å². The minimum Gasteiger partial charge on any atom is -0.462 e. The molecule has 0 bridgehead atoms. The van der Waals surface area contributed by atoms with E-state index in [4.69, 9.17) is 4.74 Å². The van der Waals surface area contributed by atoms with E-state index in [9.17, 15) is 9.59 Å². The van der Waals surface area contributed by atoms with Crippen molar-refractivity contribution in [1.29, 1.82) is 0 Å². The summed E-state index contributed by atoms with van der Waals surface area (Å²) in [5.74, 6) is 0.633. The zero-order chi connectivity index (χ0) is 21.0. The van der Waals surface area contributed by atoms with Gasteiger partial charge in [0.2, 0.25) is 5.91 Å². The Bertz CT molecular complexity index is 865. The number of carbonyl (C=O) groups is 2. The van der Waals surface area contributed by atoms with Gasteiger partial charge in [0.1, 0.15) is 10.8 Å². The molecule has 0 saturated carbocycles. The van der Waals surface area contributed by atoms with Gasteiger partial charge in [-0.2, -0.15) is 0 Å². The van der Waals surface area contributed by atoms with Crippen LogP contribution >= 0.6 is 11.3 Å². The van der Waals surface area contributed by atoms with Crippen LogP contribution in [-0.4, -0.2) is 46.0 Å². The monoisotopic (exact) mass is 418 g/mol. The molecule has 0 unspecified atom stereocenters. The van der Waals surface area contributed by atoms with Crippen LogP contribution in [0.1, 0.15) is 53.3 Å². The SMILES string of the molecule is CCOC(=O)c1c(NC(=O)C2CCN(Cc3nccn3C)CC2)sc(C)c1CC. The highest BCUT2D eigenvalue weighted by Crippen LogP contribution is 2.35. The van der Waals surface area contributed by atoms with Crippen LogP contribution in [0, 0.1) is 12.8 Å². The molecule has 0 radical (unpaired) electrons. The van der Waals surface area contributed by atoms with Crippen molar-refractivity contribution < 1.29 is 14.3 Å². The first-order valence-corrected chi connectivity index (χ1v) is 11.0. The number of rotatable bonds is 7. The minimum absolute atomic E-state index is 0.00362. The Morgan fingerprint density at radius 1 is 1.31 bits per heavy atom. The van der Waals surface area contributed by atoms with Gasteiger partial charge in [-0.25, -0.2) is 9.78 Å². The average Bonchev–Trinajstić information content (AvgIpc) is 3.24. The highest BCUT2D eigenvalue weighted by molar-refractivity contribution is 7.16. The molecule has 0 atom stereocenters. The van der Waals surface area contributed by atoms with Crippen LogP contribution in [-0.2, 0) is 29.5 Å². The van der Waals surface area contributed by atoms with E-state index < -0.39 is 0 Å². The van der Waals surface area contributed by atoms with E-state index in [-0.39, 0.29) is 17.8 Å². The van der Waals surface area contributed by atoms with Crippen LogP contribution in [0.3, 0.4) is 0 Å². The maximum absolute atomic E-state index is 12.9. The van der Waals surface area contributed by atoms with Crippen LogP contribution in [0.25, 0.3) is 0 Å². The van der Waals surface area contributed by atoms with Gasteiger partial charge in [-0.05, 0) is 51.8 Å². The molecule has 7 nitrogen and oxygen atoms in total. The van der Waals surface area contributed by atoms with Gasteiger partial charge in [-0.15, -0.1) is 11.3 Å². The summed E-state index contributed by atoms with van der Waals surface area (Å²) in [6, 6.07) is 0. The molecule has 0 aliphatic carbocycles. The molecule has 29 heavy (non-hydrogen) atoms. The van der Waals surface area contributed by atoms with Crippen molar-refractivity contribution in [3.05, 3.63) is 34.2 Å². The maximum atomic E-state index is 12.9. The number of ether oxygens (including phenoxy) is 1. The quantitative estimate of drug-likeness (QED) is 0.698. The molecule has 1 N–H and O–H groups in total. The molecule has 1 fully saturated rings. The Hall–Kier alpha value is -2.19. The smallest absolute Gasteiger partial charge is 0.341 e. The molecule has 1 aliphatic heterocycles. The Balaban J connectivity index is 1.62. The third-order valence-electron chi connectivity index (χ3n) is 5.52. The number of carbonyl (C=O) groups excluding carboxylic acids is 2. The highest BCUT2D eigenvalue weighted by Gasteiger charge is 2.29. The number of nitrogens with one attached hydrogen (secondary N) is 1. The second-order valence-electron chi connectivity index (χ2n) is 7.41. The number of esters is 1. The fourth-order valence-electron chi connectivity index (χ4n) is 3.83. The van der Waals surface area contributed by atoms with Gasteiger partial charge in [0.05, 0.1) is 18.7 Å². The third kappa shape index (κ3) is 4.87. The molecular formula is C21H30N4O3S. The molecule has 3 heterocycles. The number of imidazole rings is 1. The summed E-state index contributed by atoms with van der Waals surface area (Å²) in [6.45, 7) is 8.63. The normalized spacial score (nSPS) is 15.4. The standard InChI is InChI=1S/C21H30N4O3S/c1-5-16-14(3)29-20(18(16)21(27)28-6-2)23-19(26)15-7-10-25(11-8-15)13-17-22-9-12-24(17)4/h9,12,15H,5-8,10-11,13H2,1-4H3,(H,23,26). The van der Waals surface area contributed by atoms with Gasteiger partial charge < -0.3 is 14.6 Å². The van der Waals surface area contributed by atoms with Crippen LogP contribution in [0.5, 0.6) is 0 Å². The molecule has 0 spiro atoms. The molecule has 158 valence electrons. The predicted octanol–water partition coefficient (Wildman–Crippen LogP) is 3.38. The van der Waals surface area contributed by atoms with Gasteiger partial charge in [0, 0.05) is 30.2 Å². The van der Waals surface area contributed by atoms with E-state index in [0.717, 1.165) is 55.2 Å². The Morgan fingerprint density at radius 3 is 2.62 bits per heavy atom. The van der Waals surface area contributed by atoms with Crippen molar-refractivity contribution in [3.63, 3.8) is 0 Å². The van der Waals surface area contributed by atoms with Crippen LogP contribution in [0.2, 0.25) is 0 Å². The average molecular weight is 419 g/mol. The van der Waals surface area contributed by atoms with Crippen molar-refractivity contribution >= 4 is 28.2 Å². The van der Waals surface area contributed by atoms with Crippen LogP contribution in [0.15, 0.2) is 12.4 Å². The Labute approximate surface area is 176 Å². The van der Waals surface area contributed by atoms with E-state index in [0.29, 0.717) is 17.2 Å². The lowest BCUT2D eigenvalue weighted by atomic mass is 9.96. The fraction of sp³-hybridized carbons (Fsp3) is 0.571. The third-order valence-corrected chi connectivity index (χ3v) is 6.59. The summed E-state index contributed by atoms with van der Waals surface area (Å²) in [5.41, 5.74) is 1.49. The molecule has 1 aliphatic rings. The lowest BCUT2D eigenvalue weighted by Gasteiger charge is -2.30. The second-order valence-corrected chi connectivity index (χ2v) is 8.63. The molecule has 1 amide bonds. The minimum atomic E-state index is -0.353. The molecule has 0 aromatic carbocycles. The van der Waals surface area contributed by atoms with E-state index in [1.165, 1.54) is 11.3 Å². The zero-order valence-electron chi connectivity index (χ0n) is 17.7. The zero-order valence-corrected chi connectivity index (χ0v) is 18.5. The molecular weight excluding hydrogens is 388 g/mol. The van der Waals surface area contributed by atoms with E-state index >= 15 is 0 Å². The number of hydrogen-bond acceptors (Lipinski definition) is 6. The topological polar surface area (TPSA) is 76.5 Å². The predicted molar refractivity (Wildman–Crippen MR) is 114 cm³/mol. The summed E-state index contributed by atoms with van der Waals surface area (Å²) in [5, 5.41) is 3.65. The first-order valence-electron chi connectivity index (χ1n) is 10.2. The summed E-state index contributed by atoms with van der Waals surface area (Å²) in [4.78, 5) is 33.1. The number of piperidine rings is 1. The number of nitrogens with zero attached hydrogens (tertiary/aromatic N) is 3. The van der Waals surface area contributed by atoms with Crippen molar-refractivity contribution in [2.45, 2.75) is 46.6 Å². The number of likely N-dealkylation sites (tertiary alicyclic amines) is 1. The van der Waals surface area contributed by atoms with Gasteiger partial charge in [0.25, 0.3) is 0 Å². The summed E-state index contributed by atoms with van der Waals surface area (Å²) >= 11 is 1.46. The van der Waals surface area contributed by atoms with Crippen molar-refractivity contribution in [1.82, 2.24) is 14.5 Å². The van der Waals surface area contributed by atoms with Gasteiger partial charge in [-0.3, -0.25) is 9.69 Å². The molecule has 2 aromatic rings. The molecule has 8 heteroatoms. The first-order chi connectivity index (χ1) is 13.9. The number of amides is 1. The van der Waals surface area contributed by atoms with Gasteiger partial charge in [0.15, 0.2) is 0 Å². The van der Waals surface area contributed by atoms with Crippen LogP contribution in [0.4, 0.5) is 5.00 Å². The summed E-state index contributed by atoms with van der Waals surface area (Å²) < 4.78 is 7.25. The highest BCUT2D eigenvalue weighted by atomic mass is 32.1. The number of aryl methyl sites for hydroxylation is 2. The number of thiophene rings is 1. The van der Waals surface area contributed by atoms with Gasteiger partial charge in [-0.1, -0.05) is 6.92 Å².